The highest BCUT2D eigenvalue weighted by molar-refractivity contribution is 7.22. The van der Waals surface area contributed by atoms with Crippen LogP contribution in [0.1, 0.15) is 0 Å². The molecule has 3 rings (SSSR count). The van der Waals surface area contributed by atoms with Crippen LogP contribution in [0.4, 0.5) is 15.2 Å². The number of nitrogens with zero attached hydrogens (tertiary/aromatic N) is 2. The zero-order valence-electron chi connectivity index (χ0n) is 9.15. The fourth-order valence-electron chi connectivity index (χ4n) is 1.90. The lowest BCUT2D eigenvalue weighted by molar-refractivity contribution is 0.122. The molecule has 0 atom stereocenters. The van der Waals surface area contributed by atoms with E-state index >= 15 is 0 Å². The van der Waals surface area contributed by atoms with Crippen LogP contribution in [-0.2, 0) is 4.74 Å². The minimum absolute atomic E-state index is 0.313. The molecule has 1 aliphatic rings. The van der Waals surface area contributed by atoms with Gasteiger partial charge in [-0.15, -0.1) is 0 Å². The highest BCUT2D eigenvalue weighted by Crippen LogP contribution is 2.32. The summed E-state index contributed by atoms with van der Waals surface area (Å²) in [5.41, 5.74) is 6.85. The SMILES string of the molecule is Nc1cc(F)cc2sc(N3CCOCC3)nc12. The number of rotatable bonds is 1. The van der Waals surface area contributed by atoms with E-state index in [4.69, 9.17) is 10.5 Å². The summed E-state index contributed by atoms with van der Waals surface area (Å²) < 4.78 is 19.3. The van der Waals surface area contributed by atoms with E-state index in [2.05, 4.69) is 9.88 Å². The van der Waals surface area contributed by atoms with E-state index in [0.29, 0.717) is 24.4 Å². The summed E-state index contributed by atoms with van der Waals surface area (Å²) in [4.78, 5) is 6.62. The van der Waals surface area contributed by atoms with Gasteiger partial charge in [0.2, 0.25) is 0 Å². The predicted molar refractivity (Wildman–Crippen MR) is 67.0 cm³/mol. The van der Waals surface area contributed by atoms with Gasteiger partial charge in [0.25, 0.3) is 0 Å². The van der Waals surface area contributed by atoms with E-state index < -0.39 is 0 Å². The molecule has 0 radical (unpaired) electrons. The van der Waals surface area contributed by atoms with Gasteiger partial charge in [-0.3, -0.25) is 0 Å². The van der Waals surface area contributed by atoms with E-state index in [0.717, 1.165) is 22.9 Å². The normalized spacial score (nSPS) is 16.6. The summed E-state index contributed by atoms with van der Waals surface area (Å²) in [6.07, 6.45) is 0. The molecule has 0 unspecified atom stereocenters. The van der Waals surface area contributed by atoms with Gasteiger partial charge < -0.3 is 15.4 Å². The fraction of sp³-hybridized carbons (Fsp3) is 0.364. The molecule has 0 bridgehead atoms. The molecule has 1 fully saturated rings. The molecule has 6 heteroatoms. The largest absolute Gasteiger partial charge is 0.397 e. The van der Waals surface area contributed by atoms with Crippen molar-refractivity contribution >= 4 is 32.4 Å². The van der Waals surface area contributed by atoms with E-state index in [1.54, 1.807) is 0 Å². The Bertz CT molecular complexity index is 551. The minimum Gasteiger partial charge on any atom is -0.397 e. The third kappa shape index (κ3) is 1.94. The Kier molecular flexibility index (Phi) is 2.60. The van der Waals surface area contributed by atoms with Crippen LogP contribution in [0.3, 0.4) is 0 Å². The molecule has 2 heterocycles. The van der Waals surface area contributed by atoms with Crippen molar-refractivity contribution in [2.24, 2.45) is 0 Å². The van der Waals surface area contributed by atoms with Gasteiger partial charge in [-0.25, -0.2) is 9.37 Å². The van der Waals surface area contributed by atoms with E-state index in [1.165, 1.54) is 23.5 Å². The van der Waals surface area contributed by atoms with Crippen LogP contribution in [0.15, 0.2) is 12.1 Å². The van der Waals surface area contributed by atoms with Crippen molar-refractivity contribution in [3.05, 3.63) is 17.9 Å². The molecule has 17 heavy (non-hydrogen) atoms. The zero-order valence-corrected chi connectivity index (χ0v) is 9.97. The van der Waals surface area contributed by atoms with Crippen molar-refractivity contribution in [3.63, 3.8) is 0 Å². The van der Waals surface area contributed by atoms with Crippen LogP contribution in [0.5, 0.6) is 0 Å². The second kappa shape index (κ2) is 4.12. The number of benzene rings is 1. The number of nitrogen functional groups attached to an aromatic ring is 1. The lowest BCUT2D eigenvalue weighted by Gasteiger charge is -2.25. The molecule has 0 spiro atoms. The van der Waals surface area contributed by atoms with Crippen LogP contribution < -0.4 is 10.6 Å². The first-order chi connectivity index (χ1) is 8.24. The maximum atomic E-state index is 13.2. The van der Waals surface area contributed by atoms with Crippen molar-refractivity contribution in [1.82, 2.24) is 4.98 Å². The average molecular weight is 253 g/mol. The van der Waals surface area contributed by atoms with Crippen molar-refractivity contribution in [2.75, 3.05) is 36.9 Å². The van der Waals surface area contributed by atoms with Gasteiger partial charge in [-0.1, -0.05) is 11.3 Å². The molecule has 1 aromatic heterocycles. The first kappa shape index (κ1) is 10.7. The average Bonchev–Trinajstić information content (AvgIpc) is 2.74. The second-order valence-electron chi connectivity index (χ2n) is 3.94. The summed E-state index contributed by atoms with van der Waals surface area (Å²) in [6, 6.07) is 2.79. The number of aromatic nitrogens is 1. The third-order valence-electron chi connectivity index (χ3n) is 2.76. The summed E-state index contributed by atoms with van der Waals surface area (Å²) in [7, 11) is 0. The molecule has 0 saturated carbocycles. The highest BCUT2D eigenvalue weighted by atomic mass is 32.1. The predicted octanol–water partition coefficient (Wildman–Crippen LogP) is 1.85. The first-order valence-electron chi connectivity index (χ1n) is 5.42. The quantitative estimate of drug-likeness (QED) is 0.788. The highest BCUT2D eigenvalue weighted by Gasteiger charge is 2.16. The van der Waals surface area contributed by atoms with Gasteiger partial charge in [-0.2, -0.15) is 0 Å². The molecular weight excluding hydrogens is 241 g/mol. The number of halogens is 1. The van der Waals surface area contributed by atoms with Crippen LogP contribution in [0.2, 0.25) is 0 Å². The number of ether oxygens (including phenoxy) is 1. The number of morpholine rings is 1. The van der Waals surface area contributed by atoms with Crippen LogP contribution in [0.25, 0.3) is 10.2 Å². The minimum atomic E-state index is -0.313. The molecular formula is C11H12FN3OS. The summed E-state index contributed by atoms with van der Waals surface area (Å²) in [5, 5.41) is 0.889. The standard InChI is InChI=1S/C11H12FN3OS/c12-7-5-8(13)10-9(6-7)17-11(14-10)15-1-3-16-4-2-15/h5-6H,1-4,13H2. The van der Waals surface area contributed by atoms with Gasteiger partial charge in [0.15, 0.2) is 5.13 Å². The molecule has 2 N–H and O–H groups in total. The smallest absolute Gasteiger partial charge is 0.186 e. The van der Waals surface area contributed by atoms with Crippen molar-refractivity contribution in [1.29, 1.82) is 0 Å². The maximum absolute atomic E-state index is 13.2. The van der Waals surface area contributed by atoms with Crippen LogP contribution in [0, 0.1) is 5.82 Å². The van der Waals surface area contributed by atoms with Crippen LogP contribution >= 0.6 is 11.3 Å². The van der Waals surface area contributed by atoms with Crippen molar-refractivity contribution in [3.8, 4) is 0 Å². The Morgan fingerprint density at radius 2 is 2.12 bits per heavy atom. The number of thiazole rings is 1. The molecule has 2 aromatic rings. The second-order valence-corrected chi connectivity index (χ2v) is 4.95. The summed E-state index contributed by atoms with van der Waals surface area (Å²) in [6.45, 7) is 3.06. The van der Waals surface area contributed by atoms with Gasteiger partial charge in [0.1, 0.15) is 11.3 Å². The Morgan fingerprint density at radius 1 is 1.35 bits per heavy atom. The number of anilines is 2. The molecule has 1 aliphatic heterocycles. The monoisotopic (exact) mass is 253 g/mol. The fourth-order valence-corrected chi connectivity index (χ4v) is 2.98. The summed E-state index contributed by atoms with van der Waals surface area (Å²) >= 11 is 1.47. The number of hydrogen-bond acceptors (Lipinski definition) is 5. The molecule has 1 saturated heterocycles. The molecule has 90 valence electrons. The molecule has 0 aliphatic carbocycles. The van der Waals surface area contributed by atoms with E-state index in [-0.39, 0.29) is 5.82 Å². The number of hydrogen-bond donors (Lipinski definition) is 1. The van der Waals surface area contributed by atoms with Gasteiger partial charge in [0.05, 0.1) is 23.6 Å². The molecule has 0 amide bonds. The lowest BCUT2D eigenvalue weighted by atomic mass is 10.3. The van der Waals surface area contributed by atoms with Crippen molar-refractivity contribution in [2.45, 2.75) is 0 Å². The Labute approximate surface area is 102 Å². The van der Waals surface area contributed by atoms with E-state index in [1.807, 2.05) is 0 Å². The molecule has 1 aromatic carbocycles. The molecule has 4 nitrogen and oxygen atoms in total. The maximum Gasteiger partial charge on any atom is 0.186 e. The Morgan fingerprint density at radius 3 is 2.88 bits per heavy atom. The topological polar surface area (TPSA) is 51.4 Å². The van der Waals surface area contributed by atoms with Gasteiger partial charge in [0, 0.05) is 13.1 Å². The van der Waals surface area contributed by atoms with Gasteiger partial charge >= 0.3 is 0 Å². The number of nitrogens with two attached hydrogens (primary N) is 1. The number of fused-ring (bicyclic) bond motifs is 1. The lowest BCUT2D eigenvalue weighted by Crippen LogP contribution is -2.36. The van der Waals surface area contributed by atoms with Crippen molar-refractivity contribution < 1.29 is 9.13 Å². The van der Waals surface area contributed by atoms with E-state index in [9.17, 15) is 4.39 Å². The zero-order chi connectivity index (χ0) is 11.8. The Hall–Kier alpha value is -1.40. The third-order valence-corrected chi connectivity index (χ3v) is 3.82. The Balaban J connectivity index is 2.03. The van der Waals surface area contributed by atoms with Gasteiger partial charge in [-0.05, 0) is 12.1 Å². The summed E-state index contributed by atoms with van der Waals surface area (Å²) in [5.74, 6) is -0.313. The van der Waals surface area contributed by atoms with Crippen LogP contribution in [-0.4, -0.2) is 31.3 Å². The first-order valence-corrected chi connectivity index (χ1v) is 6.24.